The van der Waals surface area contributed by atoms with Crippen molar-refractivity contribution < 1.29 is 5.11 Å². The van der Waals surface area contributed by atoms with Crippen molar-refractivity contribution >= 4 is 11.3 Å². The summed E-state index contributed by atoms with van der Waals surface area (Å²) in [5.74, 6) is 0. The first kappa shape index (κ1) is 13.7. The van der Waals surface area contributed by atoms with Crippen LogP contribution in [0.3, 0.4) is 0 Å². The topological polar surface area (TPSA) is 32.3 Å². The molecule has 0 aromatic carbocycles. The molecule has 1 rings (SSSR count). The largest absolute Gasteiger partial charge is 0.396 e. The highest BCUT2D eigenvalue weighted by Crippen LogP contribution is 2.21. The summed E-state index contributed by atoms with van der Waals surface area (Å²) in [7, 11) is 0. The van der Waals surface area contributed by atoms with Crippen molar-refractivity contribution in [1.29, 1.82) is 0 Å². The Balaban J connectivity index is 2.33. The van der Waals surface area contributed by atoms with Crippen LogP contribution in [0.1, 0.15) is 32.1 Å². The van der Waals surface area contributed by atoms with Crippen molar-refractivity contribution in [2.24, 2.45) is 5.41 Å². The fraction of sp³-hybridized carbons (Fsp3) is 0.692. The zero-order valence-corrected chi connectivity index (χ0v) is 11.3. The van der Waals surface area contributed by atoms with Gasteiger partial charge in [0.2, 0.25) is 0 Å². The first-order valence-electron chi connectivity index (χ1n) is 5.90. The Labute approximate surface area is 103 Å². The number of thiophene rings is 1. The van der Waals surface area contributed by atoms with Crippen LogP contribution >= 0.6 is 11.3 Å². The third-order valence-electron chi connectivity index (χ3n) is 2.81. The van der Waals surface area contributed by atoms with Crippen molar-refractivity contribution in [3.05, 3.63) is 22.4 Å². The third kappa shape index (κ3) is 4.64. The van der Waals surface area contributed by atoms with E-state index in [2.05, 4.69) is 43.6 Å². The van der Waals surface area contributed by atoms with Crippen LogP contribution in [0, 0.1) is 5.41 Å². The summed E-state index contributed by atoms with van der Waals surface area (Å²) in [6.07, 6.45) is 1.91. The van der Waals surface area contributed by atoms with E-state index in [1.165, 1.54) is 4.88 Å². The third-order valence-corrected chi connectivity index (χ3v) is 3.74. The molecule has 92 valence electrons. The second-order valence-electron chi connectivity index (χ2n) is 5.21. The van der Waals surface area contributed by atoms with Gasteiger partial charge in [-0.3, -0.25) is 0 Å². The van der Waals surface area contributed by atoms with Crippen LogP contribution in [-0.2, 0) is 6.42 Å². The molecule has 1 aromatic rings. The molecule has 16 heavy (non-hydrogen) atoms. The first-order chi connectivity index (χ1) is 7.54. The summed E-state index contributed by atoms with van der Waals surface area (Å²) >= 11 is 1.81. The van der Waals surface area contributed by atoms with Gasteiger partial charge in [-0.15, -0.1) is 11.3 Å². The van der Waals surface area contributed by atoms with Crippen LogP contribution in [-0.4, -0.2) is 24.3 Å². The van der Waals surface area contributed by atoms with E-state index in [1.54, 1.807) is 11.3 Å². The molecule has 0 radical (unpaired) electrons. The lowest BCUT2D eigenvalue weighted by molar-refractivity contribution is 0.198. The van der Waals surface area contributed by atoms with Gasteiger partial charge in [-0.25, -0.2) is 0 Å². The van der Waals surface area contributed by atoms with Gasteiger partial charge in [0.25, 0.3) is 0 Å². The molecule has 0 aliphatic heterocycles. The molecule has 0 spiro atoms. The normalized spacial score (nSPS) is 14.0. The summed E-state index contributed by atoms with van der Waals surface area (Å²) in [5.41, 5.74) is 0.207. The highest BCUT2D eigenvalue weighted by atomic mass is 32.1. The molecular weight excluding hydrogens is 218 g/mol. The van der Waals surface area contributed by atoms with Crippen molar-refractivity contribution in [2.45, 2.75) is 39.7 Å². The monoisotopic (exact) mass is 241 g/mol. The fourth-order valence-electron chi connectivity index (χ4n) is 1.79. The Kier molecular flexibility index (Phi) is 5.46. The van der Waals surface area contributed by atoms with Crippen molar-refractivity contribution in [3.8, 4) is 0 Å². The number of nitrogens with one attached hydrogen (secondary N) is 1. The predicted octanol–water partition coefficient (Wildman–Crippen LogP) is 2.68. The number of hydrogen-bond acceptors (Lipinski definition) is 3. The van der Waals surface area contributed by atoms with Gasteiger partial charge in [-0.2, -0.15) is 0 Å². The highest BCUT2D eigenvalue weighted by Gasteiger charge is 2.23. The Hall–Kier alpha value is -0.380. The Morgan fingerprint density at radius 3 is 2.69 bits per heavy atom. The minimum absolute atomic E-state index is 0.207. The maximum absolute atomic E-state index is 9.05. The van der Waals surface area contributed by atoms with E-state index < -0.39 is 0 Å². The molecule has 2 N–H and O–H groups in total. The molecule has 1 atom stereocenters. The second-order valence-corrected chi connectivity index (χ2v) is 6.25. The molecule has 3 heteroatoms. The number of hydrogen-bond donors (Lipinski definition) is 2. The molecular formula is C13H23NOS. The lowest BCUT2D eigenvalue weighted by atomic mass is 9.85. The van der Waals surface area contributed by atoms with Gasteiger partial charge in [-0.05, 0) is 29.7 Å². The molecule has 1 aromatic heterocycles. The average molecular weight is 241 g/mol. The summed E-state index contributed by atoms with van der Waals surface area (Å²) in [5, 5.41) is 14.7. The predicted molar refractivity (Wildman–Crippen MR) is 71.0 cm³/mol. The van der Waals surface area contributed by atoms with E-state index in [1.807, 2.05) is 0 Å². The van der Waals surface area contributed by atoms with Gasteiger partial charge in [0.15, 0.2) is 0 Å². The molecule has 1 heterocycles. The molecule has 0 saturated carbocycles. The average Bonchev–Trinajstić information content (AvgIpc) is 2.67. The van der Waals surface area contributed by atoms with E-state index in [-0.39, 0.29) is 12.0 Å². The van der Waals surface area contributed by atoms with E-state index in [4.69, 9.17) is 5.11 Å². The van der Waals surface area contributed by atoms with Gasteiger partial charge in [-0.1, -0.05) is 26.8 Å². The highest BCUT2D eigenvalue weighted by molar-refractivity contribution is 7.09. The lowest BCUT2D eigenvalue weighted by Gasteiger charge is -2.31. The smallest absolute Gasteiger partial charge is 0.0446 e. The van der Waals surface area contributed by atoms with Crippen LogP contribution in [0.15, 0.2) is 17.5 Å². The minimum atomic E-state index is 0.207. The molecule has 1 unspecified atom stereocenters. The summed E-state index contributed by atoms with van der Waals surface area (Å²) < 4.78 is 0. The van der Waals surface area contributed by atoms with Gasteiger partial charge < -0.3 is 10.4 Å². The van der Waals surface area contributed by atoms with Crippen molar-refractivity contribution in [3.63, 3.8) is 0 Å². The van der Waals surface area contributed by atoms with E-state index in [9.17, 15) is 0 Å². The zero-order valence-electron chi connectivity index (χ0n) is 10.5. The van der Waals surface area contributed by atoms with Crippen LogP contribution in [0.25, 0.3) is 0 Å². The van der Waals surface area contributed by atoms with Crippen LogP contribution in [0.2, 0.25) is 0 Å². The van der Waals surface area contributed by atoms with E-state index in [0.29, 0.717) is 6.04 Å². The molecule has 0 saturated heterocycles. The minimum Gasteiger partial charge on any atom is -0.396 e. The molecule has 0 bridgehead atoms. The zero-order chi connectivity index (χ0) is 12.0. The second kappa shape index (κ2) is 6.38. The number of aliphatic hydroxyl groups is 1. The number of aliphatic hydroxyl groups excluding tert-OH is 1. The fourth-order valence-corrected chi connectivity index (χ4v) is 2.50. The standard InChI is InChI=1S/C13H23NOS/c1-13(2,3)12(7-9-15)14-8-6-11-5-4-10-16-11/h4-5,10,12,14-15H,6-9H2,1-3H3. The molecule has 2 nitrogen and oxygen atoms in total. The molecule has 0 aliphatic carbocycles. The SMILES string of the molecule is CC(C)(C)C(CCO)NCCc1cccs1. The Bertz CT molecular complexity index is 277. The van der Waals surface area contributed by atoms with Crippen LogP contribution in [0.5, 0.6) is 0 Å². The Morgan fingerprint density at radius 2 is 2.19 bits per heavy atom. The van der Waals surface area contributed by atoms with Gasteiger partial charge >= 0.3 is 0 Å². The van der Waals surface area contributed by atoms with Crippen LogP contribution < -0.4 is 5.32 Å². The van der Waals surface area contributed by atoms with Gasteiger partial charge in [0, 0.05) is 24.1 Å². The molecule has 0 fully saturated rings. The van der Waals surface area contributed by atoms with E-state index in [0.717, 1.165) is 19.4 Å². The van der Waals surface area contributed by atoms with Crippen molar-refractivity contribution in [2.75, 3.05) is 13.2 Å². The van der Waals surface area contributed by atoms with E-state index >= 15 is 0 Å². The Morgan fingerprint density at radius 1 is 1.44 bits per heavy atom. The van der Waals surface area contributed by atoms with Gasteiger partial charge in [0.1, 0.15) is 0 Å². The van der Waals surface area contributed by atoms with Gasteiger partial charge in [0.05, 0.1) is 0 Å². The van der Waals surface area contributed by atoms with Crippen LogP contribution in [0.4, 0.5) is 0 Å². The molecule has 0 aliphatic rings. The first-order valence-corrected chi connectivity index (χ1v) is 6.78. The summed E-state index contributed by atoms with van der Waals surface area (Å²) in [6.45, 7) is 7.89. The van der Waals surface area contributed by atoms with Crippen molar-refractivity contribution in [1.82, 2.24) is 5.32 Å². The summed E-state index contributed by atoms with van der Waals surface area (Å²) in [4.78, 5) is 1.42. The number of rotatable bonds is 6. The quantitative estimate of drug-likeness (QED) is 0.802. The summed E-state index contributed by atoms with van der Waals surface area (Å²) in [6, 6.07) is 4.65. The maximum Gasteiger partial charge on any atom is 0.0446 e. The molecule has 0 amide bonds. The maximum atomic E-state index is 9.05. The lowest BCUT2D eigenvalue weighted by Crippen LogP contribution is -2.41.